The van der Waals surface area contributed by atoms with Gasteiger partial charge in [0.25, 0.3) is 0 Å². The topological polar surface area (TPSA) is 30.5 Å². The first-order chi connectivity index (χ1) is 7.09. The highest BCUT2D eigenvalue weighted by molar-refractivity contribution is 4.91. The fourth-order valence-corrected chi connectivity index (χ4v) is 2.32. The second-order valence-electron chi connectivity index (χ2n) is 4.32. The van der Waals surface area contributed by atoms with Crippen LogP contribution in [0.5, 0.6) is 0 Å². The molecular formula is C11H26N4. The Bertz CT molecular complexity index is 197. The van der Waals surface area contributed by atoms with E-state index >= 15 is 0 Å². The number of rotatable bonds is 0. The van der Waals surface area contributed by atoms with E-state index < -0.39 is 0 Å². The van der Waals surface area contributed by atoms with Crippen molar-refractivity contribution in [2.24, 2.45) is 0 Å². The van der Waals surface area contributed by atoms with Crippen molar-refractivity contribution in [3.05, 3.63) is 0 Å². The smallest absolute Gasteiger partial charge is 0.119 e. The lowest BCUT2D eigenvalue weighted by atomic mass is 10.3. The first-order valence-corrected chi connectivity index (χ1v) is 6.09. The summed E-state index contributed by atoms with van der Waals surface area (Å²) in [5.41, 5.74) is 0. The quantitative estimate of drug-likeness (QED) is 0.625. The molecule has 15 heavy (non-hydrogen) atoms. The van der Waals surface area contributed by atoms with Gasteiger partial charge >= 0.3 is 0 Å². The monoisotopic (exact) mass is 214 g/mol. The Morgan fingerprint density at radius 3 is 2.27 bits per heavy atom. The molecule has 0 amide bonds. The molecular weight excluding hydrogens is 188 g/mol. The Labute approximate surface area is 94.0 Å². The highest BCUT2D eigenvalue weighted by atomic mass is 15.6. The predicted octanol–water partition coefficient (Wildman–Crippen LogP) is 0.817. The van der Waals surface area contributed by atoms with Crippen LogP contribution in [0, 0.1) is 0 Å². The summed E-state index contributed by atoms with van der Waals surface area (Å²) in [5, 5.41) is 7.01. The molecule has 2 N–H and O–H groups in total. The standard InChI is InChI=1S/C9H20N4.C2H6/c1-6-5-13-8(3)10-7(2)11-9(13)12(6)4;1-2/h6-11H,5H2,1-4H3;1-2H3. The normalized spacial score (nSPS) is 42.0. The Morgan fingerprint density at radius 2 is 1.67 bits per heavy atom. The van der Waals surface area contributed by atoms with Crippen molar-refractivity contribution in [1.29, 1.82) is 0 Å². The maximum atomic E-state index is 3.53. The van der Waals surface area contributed by atoms with Gasteiger partial charge in [0.1, 0.15) is 6.29 Å². The number of nitrogens with one attached hydrogen (secondary N) is 2. The molecule has 4 heteroatoms. The Hall–Kier alpha value is -0.160. The molecule has 0 aromatic rings. The zero-order valence-corrected chi connectivity index (χ0v) is 10.9. The van der Waals surface area contributed by atoms with E-state index in [9.17, 15) is 0 Å². The minimum Gasteiger partial charge on any atom is -0.287 e. The van der Waals surface area contributed by atoms with Gasteiger partial charge in [-0.05, 0) is 27.8 Å². The van der Waals surface area contributed by atoms with Crippen LogP contribution in [0.15, 0.2) is 0 Å². The van der Waals surface area contributed by atoms with Gasteiger partial charge in [0.2, 0.25) is 0 Å². The van der Waals surface area contributed by atoms with Crippen molar-refractivity contribution >= 4 is 0 Å². The lowest BCUT2D eigenvalue weighted by Crippen LogP contribution is -2.67. The molecule has 4 atom stereocenters. The zero-order valence-electron chi connectivity index (χ0n) is 10.9. The minimum absolute atomic E-state index is 0.406. The van der Waals surface area contributed by atoms with Crippen molar-refractivity contribution in [1.82, 2.24) is 20.4 Å². The first kappa shape index (κ1) is 12.9. The van der Waals surface area contributed by atoms with Gasteiger partial charge in [0, 0.05) is 12.6 Å². The summed E-state index contributed by atoms with van der Waals surface area (Å²) >= 11 is 0. The first-order valence-electron chi connectivity index (χ1n) is 6.09. The van der Waals surface area contributed by atoms with Crippen molar-refractivity contribution in [3.8, 4) is 0 Å². The summed E-state index contributed by atoms with van der Waals surface area (Å²) in [6, 6.07) is 0.645. The van der Waals surface area contributed by atoms with Gasteiger partial charge in [0.05, 0.1) is 12.3 Å². The Morgan fingerprint density at radius 1 is 1.07 bits per heavy atom. The molecule has 0 bridgehead atoms. The predicted molar refractivity (Wildman–Crippen MR) is 64.3 cm³/mol. The molecule has 2 heterocycles. The maximum absolute atomic E-state index is 3.53. The number of hydrogen-bond acceptors (Lipinski definition) is 4. The molecule has 0 aliphatic carbocycles. The van der Waals surface area contributed by atoms with E-state index in [1.165, 1.54) is 0 Å². The van der Waals surface area contributed by atoms with Crippen molar-refractivity contribution in [2.45, 2.75) is 59.3 Å². The molecule has 0 radical (unpaired) electrons. The SMILES string of the molecule is CC.CC1NC(C)N2CC(C)N(C)C2N1. The molecule has 4 unspecified atom stereocenters. The van der Waals surface area contributed by atoms with Crippen LogP contribution in [0.2, 0.25) is 0 Å². The average molecular weight is 214 g/mol. The van der Waals surface area contributed by atoms with Crippen LogP contribution >= 0.6 is 0 Å². The van der Waals surface area contributed by atoms with Crippen LogP contribution in [0.25, 0.3) is 0 Å². The van der Waals surface area contributed by atoms with E-state index in [1.54, 1.807) is 0 Å². The van der Waals surface area contributed by atoms with Gasteiger partial charge in [-0.15, -0.1) is 0 Å². The summed E-state index contributed by atoms with van der Waals surface area (Å²) < 4.78 is 0. The van der Waals surface area contributed by atoms with Gasteiger partial charge < -0.3 is 0 Å². The average Bonchev–Trinajstić information content (AvgIpc) is 2.49. The van der Waals surface area contributed by atoms with Crippen LogP contribution in [-0.2, 0) is 0 Å². The number of fused-ring (bicyclic) bond motifs is 1. The third-order valence-electron chi connectivity index (χ3n) is 3.26. The lowest BCUT2D eigenvalue weighted by molar-refractivity contribution is 0.0129. The maximum Gasteiger partial charge on any atom is 0.119 e. The molecule has 2 aliphatic heterocycles. The molecule has 2 rings (SSSR count). The molecule has 0 aromatic heterocycles. The van der Waals surface area contributed by atoms with Gasteiger partial charge in [0.15, 0.2) is 0 Å². The minimum atomic E-state index is 0.406. The van der Waals surface area contributed by atoms with E-state index in [4.69, 9.17) is 0 Å². The zero-order chi connectivity index (χ0) is 11.6. The van der Waals surface area contributed by atoms with Crippen LogP contribution in [-0.4, -0.2) is 48.1 Å². The molecule has 4 nitrogen and oxygen atoms in total. The third kappa shape index (κ3) is 2.50. The highest BCUT2D eigenvalue weighted by Gasteiger charge is 2.40. The van der Waals surface area contributed by atoms with E-state index in [-0.39, 0.29) is 0 Å². The summed E-state index contributed by atoms with van der Waals surface area (Å²) in [6.07, 6.45) is 1.30. The van der Waals surface area contributed by atoms with E-state index in [0.29, 0.717) is 24.7 Å². The van der Waals surface area contributed by atoms with E-state index in [0.717, 1.165) is 6.54 Å². The summed E-state index contributed by atoms with van der Waals surface area (Å²) in [5.74, 6) is 0. The third-order valence-corrected chi connectivity index (χ3v) is 3.26. The van der Waals surface area contributed by atoms with Crippen LogP contribution < -0.4 is 10.6 Å². The van der Waals surface area contributed by atoms with E-state index in [1.807, 2.05) is 13.8 Å². The fraction of sp³-hybridized carbons (Fsp3) is 1.00. The van der Waals surface area contributed by atoms with Crippen LogP contribution in [0.4, 0.5) is 0 Å². The van der Waals surface area contributed by atoms with Crippen LogP contribution in [0.3, 0.4) is 0 Å². The number of nitrogens with zero attached hydrogens (tertiary/aromatic N) is 2. The number of likely N-dealkylation sites (N-methyl/N-ethyl adjacent to an activating group) is 1. The van der Waals surface area contributed by atoms with Gasteiger partial charge in [-0.2, -0.15) is 0 Å². The second-order valence-corrected chi connectivity index (χ2v) is 4.32. The molecule has 0 aromatic carbocycles. The molecule has 2 fully saturated rings. The Kier molecular flexibility index (Phi) is 4.52. The molecule has 0 spiro atoms. The lowest BCUT2D eigenvalue weighted by Gasteiger charge is -2.42. The van der Waals surface area contributed by atoms with Gasteiger partial charge in [-0.3, -0.25) is 20.4 Å². The largest absolute Gasteiger partial charge is 0.287 e. The second kappa shape index (κ2) is 5.25. The van der Waals surface area contributed by atoms with Gasteiger partial charge in [-0.1, -0.05) is 13.8 Å². The van der Waals surface area contributed by atoms with Crippen molar-refractivity contribution in [2.75, 3.05) is 13.6 Å². The molecule has 90 valence electrons. The fourth-order valence-electron chi connectivity index (χ4n) is 2.32. The molecule has 2 aliphatic rings. The summed E-state index contributed by atoms with van der Waals surface area (Å²) in [6.45, 7) is 11.8. The van der Waals surface area contributed by atoms with Crippen LogP contribution in [0.1, 0.15) is 34.6 Å². The van der Waals surface area contributed by atoms with E-state index in [2.05, 4.69) is 48.3 Å². The van der Waals surface area contributed by atoms with Crippen molar-refractivity contribution in [3.63, 3.8) is 0 Å². The number of hydrogen-bond donors (Lipinski definition) is 2. The van der Waals surface area contributed by atoms with Crippen molar-refractivity contribution < 1.29 is 0 Å². The highest BCUT2D eigenvalue weighted by Crippen LogP contribution is 2.21. The molecule has 2 saturated heterocycles. The summed E-state index contributed by atoms with van der Waals surface area (Å²) in [7, 11) is 2.19. The van der Waals surface area contributed by atoms with Gasteiger partial charge in [-0.25, -0.2) is 0 Å². The molecule has 0 saturated carbocycles. The Balaban J connectivity index is 0.000000531. The summed E-state index contributed by atoms with van der Waals surface area (Å²) in [4.78, 5) is 4.86.